The smallest absolute Gasteiger partial charge is 0.121 e. The SMILES string of the molecule is Cc1c(CCN[C@@H](C)c2ncn(C(c3ccccc3)(c3ccccc3)c3ccccc3)c2C)[nH]c2ccccc12. The van der Waals surface area contributed by atoms with E-state index < -0.39 is 5.54 Å². The van der Waals surface area contributed by atoms with Crippen LogP contribution in [0.15, 0.2) is 122 Å². The van der Waals surface area contributed by atoms with Crippen LogP contribution >= 0.6 is 0 Å². The number of nitrogens with one attached hydrogen (secondary N) is 2. The molecule has 0 unspecified atom stereocenters. The average Bonchev–Trinajstić information content (AvgIpc) is 3.55. The first-order valence-electron chi connectivity index (χ1n) is 14.1. The fraction of sp³-hybridized carbons (Fsp3) is 0.194. The second-order valence-electron chi connectivity index (χ2n) is 10.6. The minimum Gasteiger partial charge on any atom is -0.358 e. The van der Waals surface area contributed by atoms with Crippen molar-refractivity contribution < 1.29 is 0 Å². The van der Waals surface area contributed by atoms with Gasteiger partial charge < -0.3 is 14.9 Å². The van der Waals surface area contributed by atoms with Gasteiger partial charge in [0.2, 0.25) is 0 Å². The van der Waals surface area contributed by atoms with Crippen LogP contribution < -0.4 is 5.32 Å². The zero-order valence-corrected chi connectivity index (χ0v) is 23.4. The number of hydrogen-bond donors (Lipinski definition) is 2. The van der Waals surface area contributed by atoms with Crippen LogP contribution in [0.4, 0.5) is 0 Å². The van der Waals surface area contributed by atoms with E-state index in [1.807, 2.05) is 6.33 Å². The Morgan fingerprint density at radius 1 is 0.750 bits per heavy atom. The predicted molar refractivity (Wildman–Crippen MR) is 165 cm³/mol. The van der Waals surface area contributed by atoms with Crippen LogP contribution in [0, 0.1) is 13.8 Å². The van der Waals surface area contributed by atoms with Crippen molar-refractivity contribution in [2.45, 2.75) is 38.8 Å². The highest BCUT2D eigenvalue weighted by Gasteiger charge is 2.39. The first kappa shape index (κ1) is 25.8. The van der Waals surface area contributed by atoms with Crippen molar-refractivity contribution in [2.75, 3.05) is 6.54 Å². The van der Waals surface area contributed by atoms with Gasteiger partial charge in [-0.2, -0.15) is 0 Å². The Labute approximate surface area is 236 Å². The number of hydrogen-bond acceptors (Lipinski definition) is 2. The quantitative estimate of drug-likeness (QED) is 0.190. The lowest BCUT2D eigenvalue weighted by molar-refractivity contribution is 0.499. The maximum atomic E-state index is 5.03. The summed E-state index contributed by atoms with van der Waals surface area (Å²) in [4.78, 5) is 8.64. The van der Waals surface area contributed by atoms with Crippen LogP contribution in [0.25, 0.3) is 10.9 Å². The Bertz CT molecular complexity index is 1600. The summed E-state index contributed by atoms with van der Waals surface area (Å²) in [5.41, 5.74) is 9.11. The number of aromatic amines is 1. The largest absolute Gasteiger partial charge is 0.358 e. The summed E-state index contributed by atoms with van der Waals surface area (Å²) in [6.07, 6.45) is 2.96. The van der Waals surface area contributed by atoms with Crippen LogP contribution in [0.2, 0.25) is 0 Å². The predicted octanol–water partition coefficient (Wildman–Crippen LogP) is 7.71. The molecule has 2 N–H and O–H groups in total. The van der Waals surface area contributed by atoms with E-state index in [1.54, 1.807) is 0 Å². The van der Waals surface area contributed by atoms with Crippen molar-refractivity contribution in [3.05, 3.63) is 161 Å². The molecule has 0 radical (unpaired) electrons. The second kappa shape index (κ2) is 11.0. The standard InChI is InChI=1S/C36H36N4/c1-26-32-21-13-14-22-34(32)39-33(26)23-24-37-27(2)35-28(3)40(25-38-35)36(29-15-7-4-8-16-29,30-17-9-5-10-18-30)31-19-11-6-12-20-31/h4-22,25,27,37,39H,23-24H2,1-3H3/t27-/m0/s1. The Balaban J connectivity index is 1.36. The van der Waals surface area contributed by atoms with Gasteiger partial charge in [-0.05, 0) is 49.1 Å². The first-order valence-corrected chi connectivity index (χ1v) is 14.1. The average molecular weight is 525 g/mol. The summed E-state index contributed by atoms with van der Waals surface area (Å²) in [5.74, 6) is 0. The van der Waals surface area contributed by atoms with Gasteiger partial charge in [-0.3, -0.25) is 0 Å². The maximum Gasteiger partial charge on any atom is 0.121 e. The summed E-state index contributed by atoms with van der Waals surface area (Å²) < 4.78 is 2.36. The zero-order chi connectivity index (χ0) is 27.5. The molecule has 0 aliphatic carbocycles. The fourth-order valence-corrected chi connectivity index (χ4v) is 6.24. The van der Waals surface area contributed by atoms with Crippen LogP contribution in [0.3, 0.4) is 0 Å². The van der Waals surface area contributed by atoms with Crippen molar-refractivity contribution in [1.29, 1.82) is 0 Å². The molecule has 0 amide bonds. The number of benzene rings is 4. The number of aryl methyl sites for hydroxylation is 1. The van der Waals surface area contributed by atoms with Gasteiger partial charge in [-0.15, -0.1) is 0 Å². The van der Waals surface area contributed by atoms with Crippen LogP contribution in [0.5, 0.6) is 0 Å². The van der Waals surface area contributed by atoms with E-state index in [0.717, 1.165) is 24.4 Å². The highest BCUT2D eigenvalue weighted by atomic mass is 15.1. The van der Waals surface area contributed by atoms with Gasteiger partial charge >= 0.3 is 0 Å². The number of imidazole rings is 1. The van der Waals surface area contributed by atoms with Crippen molar-refractivity contribution in [1.82, 2.24) is 19.9 Å². The van der Waals surface area contributed by atoms with Crippen LogP contribution in [0.1, 0.15) is 52.3 Å². The van der Waals surface area contributed by atoms with Crippen molar-refractivity contribution >= 4 is 10.9 Å². The van der Waals surface area contributed by atoms with E-state index in [0.29, 0.717) is 0 Å². The molecule has 0 saturated carbocycles. The number of para-hydroxylation sites is 1. The van der Waals surface area contributed by atoms with Crippen LogP contribution in [-0.4, -0.2) is 21.1 Å². The molecule has 2 aromatic heterocycles. The minimum atomic E-state index is -0.555. The lowest BCUT2D eigenvalue weighted by atomic mass is 9.76. The molecule has 0 spiro atoms. The fourth-order valence-electron chi connectivity index (χ4n) is 6.24. The molecule has 6 rings (SSSR count). The monoisotopic (exact) mass is 524 g/mol. The molecule has 0 fully saturated rings. The van der Waals surface area contributed by atoms with Crippen molar-refractivity contribution in [2.24, 2.45) is 0 Å². The molecule has 40 heavy (non-hydrogen) atoms. The van der Waals surface area contributed by atoms with Crippen LogP contribution in [-0.2, 0) is 12.0 Å². The van der Waals surface area contributed by atoms with E-state index >= 15 is 0 Å². The molecule has 0 aliphatic rings. The number of H-pyrrole nitrogens is 1. The van der Waals surface area contributed by atoms with Gasteiger partial charge in [0.15, 0.2) is 0 Å². The van der Waals surface area contributed by atoms with Crippen molar-refractivity contribution in [3.8, 4) is 0 Å². The minimum absolute atomic E-state index is 0.103. The second-order valence-corrected chi connectivity index (χ2v) is 10.6. The van der Waals surface area contributed by atoms with E-state index in [4.69, 9.17) is 4.98 Å². The molecule has 4 heteroatoms. The van der Waals surface area contributed by atoms with E-state index in [1.165, 1.54) is 38.9 Å². The molecule has 0 aliphatic heterocycles. The van der Waals surface area contributed by atoms with Gasteiger partial charge in [0.05, 0.1) is 12.0 Å². The summed E-state index contributed by atoms with van der Waals surface area (Å²) in [6.45, 7) is 7.49. The van der Waals surface area contributed by atoms with Gasteiger partial charge in [0.25, 0.3) is 0 Å². The normalized spacial score (nSPS) is 12.6. The lowest BCUT2D eigenvalue weighted by Crippen LogP contribution is -2.38. The molecule has 2 heterocycles. The molecule has 4 aromatic carbocycles. The molecular formula is C36H36N4. The van der Waals surface area contributed by atoms with E-state index in [9.17, 15) is 0 Å². The lowest BCUT2D eigenvalue weighted by Gasteiger charge is -2.38. The molecule has 4 nitrogen and oxygen atoms in total. The number of nitrogens with zero attached hydrogens (tertiary/aromatic N) is 2. The molecule has 200 valence electrons. The highest BCUT2D eigenvalue weighted by Crippen LogP contribution is 2.42. The number of rotatable bonds is 9. The van der Waals surface area contributed by atoms with Gasteiger partial charge in [-0.25, -0.2) is 4.98 Å². The summed E-state index contributed by atoms with van der Waals surface area (Å²) in [6, 6.07) is 41.0. The highest BCUT2D eigenvalue weighted by molar-refractivity contribution is 5.84. The van der Waals surface area contributed by atoms with E-state index in [2.05, 4.69) is 151 Å². The van der Waals surface area contributed by atoms with Gasteiger partial charge in [0.1, 0.15) is 5.54 Å². The molecule has 1 atom stereocenters. The molecular weight excluding hydrogens is 488 g/mol. The van der Waals surface area contributed by atoms with Gasteiger partial charge in [-0.1, -0.05) is 109 Å². The zero-order valence-electron chi connectivity index (χ0n) is 23.4. The Kier molecular flexibility index (Phi) is 7.10. The third-order valence-electron chi connectivity index (χ3n) is 8.29. The summed E-state index contributed by atoms with van der Waals surface area (Å²) >= 11 is 0. The maximum absolute atomic E-state index is 5.03. The van der Waals surface area contributed by atoms with Crippen molar-refractivity contribution in [3.63, 3.8) is 0 Å². The third-order valence-corrected chi connectivity index (χ3v) is 8.29. The Morgan fingerprint density at radius 3 is 1.82 bits per heavy atom. The molecule has 0 bridgehead atoms. The first-order chi connectivity index (χ1) is 19.6. The molecule has 6 aromatic rings. The Morgan fingerprint density at radius 2 is 1.27 bits per heavy atom. The van der Waals surface area contributed by atoms with E-state index in [-0.39, 0.29) is 6.04 Å². The third kappa shape index (κ3) is 4.44. The number of aromatic nitrogens is 3. The summed E-state index contributed by atoms with van der Waals surface area (Å²) in [7, 11) is 0. The number of fused-ring (bicyclic) bond motifs is 1. The van der Waals surface area contributed by atoms with Gasteiger partial charge in [0, 0.05) is 41.3 Å². The Hall–Kier alpha value is -4.41. The molecule has 0 saturated heterocycles. The summed E-state index contributed by atoms with van der Waals surface area (Å²) in [5, 5.41) is 5.05. The topological polar surface area (TPSA) is 45.6 Å².